The number of carbonyl (C=O) groups is 2. The fourth-order valence-corrected chi connectivity index (χ4v) is 2.21. The van der Waals surface area contributed by atoms with Crippen LogP contribution in [0.5, 0.6) is 5.75 Å². The molecule has 0 fully saturated rings. The summed E-state index contributed by atoms with van der Waals surface area (Å²) in [5.41, 5.74) is 1.45. The van der Waals surface area contributed by atoms with Crippen molar-refractivity contribution in [3.05, 3.63) is 69.8 Å². The Morgan fingerprint density at radius 1 is 1.21 bits per heavy atom. The molecule has 2 aromatic carbocycles. The molecule has 0 aromatic heterocycles. The van der Waals surface area contributed by atoms with Crippen molar-refractivity contribution in [2.75, 3.05) is 0 Å². The van der Waals surface area contributed by atoms with E-state index in [0.717, 1.165) is 10.0 Å². The van der Waals surface area contributed by atoms with E-state index in [1.807, 2.05) is 24.3 Å². The number of benzene rings is 2. The van der Waals surface area contributed by atoms with Gasteiger partial charge in [0.1, 0.15) is 18.1 Å². The summed E-state index contributed by atoms with van der Waals surface area (Å²) < 4.78 is 6.71. The van der Waals surface area contributed by atoms with Gasteiger partial charge in [0.05, 0.1) is 0 Å². The molecular formula is C18H16BrNO4. The summed E-state index contributed by atoms with van der Waals surface area (Å²) in [5.74, 6) is -1.03. The van der Waals surface area contributed by atoms with Gasteiger partial charge >= 0.3 is 5.97 Å². The lowest BCUT2D eigenvalue weighted by atomic mass is 10.1. The highest BCUT2D eigenvalue weighted by atomic mass is 79.9. The second-order valence-electron chi connectivity index (χ2n) is 5.03. The molecule has 0 atom stereocenters. The van der Waals surface area contributed by atoms with Gasteiger partial charge in [0.25, 0.3) is 0 Å². The highest BCUT2D eigenvalue weighted by molar-refractivity contribution is 9.10. The number of hydrogen-bond acceptors (Lipinski definition) is 3. The number of ether oxygens (including phenoxy) is 1. The molecule has 1 amide bonds. The first-order valence-electron chi connectivity index (χ1n) is 7.14. The first-order chi connectivity index (χ1) is 11.4. The van der Waals surface area contributed by atoms with E-state index in [-0.39, 0.29) is 5.70 Å². The van der Waals surface area contributed by atoms with E-state index in [1.54, 1.807) is 24.3 Å². The number of carboxylic acids is 1. The van der Waals surface area contributed by atoms with Gasteiger partial charge in [-0.25, -0.2) is 4.79 Å². The third-order valence-corrected chi connectivity index (χ3v) is 3.56. The maximum absolute atomic E-state index is 11.1. The van der Waals surface area contributed by atoms with Gasteiger partial charge < -0.3 is 15.2 Å². The summed E-state index contributed by atoms with van der Waals surface area (Å²) in [6.45, 7) is 1.66. The fourth-order valence-electron chi connectivity index (χ4n) is 1.95. The Balaban J connectivity index is 2.11. The largest absolute Gasteiger partial charge is 0.489 e. The SMILES string of the molecule is CC(=O)N/C(=C/c1cccc(OCc2ccc(Br)cc2)c1)C(=O)O. The van der Waals surface area contributed by atoms with E-state index in [9.17, 15) is 9.59 Å². The van der Waals surface area contributed by atoms with Crippen LogP contribution in [-0.4, -0.2) is 17.0 Å². The number of amides is 1. The molecule has 0 aliphatic carbocycles. The van der Waals surface area contributed by atoms with Crippen LogP contribution in [0.1, 0.15) is 18.1 Å². The minimum Gasteiger partial charge on any atom is -0.489 e. The quantitative estimate of drug-likeness (QED) is 0.740. The molecule has 0 aliphatic heterocycles. The van der Waals surface area contributed by atoms with Crippen LogP contribution in [0.3, 0.4) is 0 Å². The molecule has 0 saturated carbocycles. The van der Waals surface area contributed by atoms with Crippen LogP contribution in [0.15, 0.2) is 58.7 Å². The number of nitrogens with one attached hydrogen (secondary N) is 1. The van der Waals surface area contributed by atoms with Crippen molar-refractivity contribution in [3.63, 3.8) is 0 Å². The number of carboxylic acid groups (broad SMARTS) is 1. The molecule has 0 unspecified atom stereocenters. The Hall–Kier alpha value is -2.60. The molecule has 0 bridgehead atoms. The second kappa shape index (κ2) is 8.31. The van der Waals surface area contributed by atoms with Crippen molar-refractivity contribution in [2.45, 2.75) is 13.5 Å². The molecule has 2 aromatic rings. The number of rotatable bonds is 6. The van der Waals surface area contributed by atoms with Crippen LogP contribution >= 0.6 is 15.9 Å². The van der Waals surface area contributed by atoms with Gasteiger partial charge in [-0.05, 0) is 41.5 Å². The van der Waals surface area contributed by atoms with Crippen LogP contribution in [0, 0.1) is 0 Å². The van der Waals surface area contributed by atoms with Crippen LogP contribution in [0.25, 0.3) is 6.08 Å². The van der Waals surface area contributed by atoms with Crippen molar-refractivity contribution in [2.24, 2.45) is 0 Å². The Kier molecular flexibility index (Phi) is 6.14. The molecule has 124 valence electrons. The third-order valence-electron chi connectivity index (χ3n) is 3.03. The molecule has 6 heteroatoms. The second-order valence-corrected chi connectivity index (χ2v) is 5.95. The maximum atomic E-state index is 11.1. The van der Waals surface area contributed by atoms with Crippen molar-refractivity contribution < 1.29 is 19.4 Å². The van der Waals surface area contributed by atoms with Crippen LogP contribution in [0.2, 0.25) is 0 Å². The van der Waals surface area contributed by atoms with Crippen molar-refractivity contribution in [3.8, 4) is 5.75 Å². The number of halogens is 1. The van der Waals surface area contributed by atoms with Crippen LogP contribution < -0.4 is 10.1 Å². The smallest absolute Gasteiger partial charge is 0.352 e. The fraction of sp³-hybridized carbons (Fsp3) is 0.111. The van der Waals surface area contributed by atoms with E-state index in [2.05, 4.69) is 21.2 Å². The van der Waals surface area contributed by atoms with E-state index in [1.165, 1.54) is 13.0 Å². The van der Waals surface area contributed by atoms with Crippen molar-refractivity contribution in [1.82, 2.24) is 5.32 Å². The molecule has 0 radical (unpaired) electrons. The highest BCUT2D eigenvalue weighted by Crippen LogP contribution is 2.18. The van der Waals surface area contributed by atoms with Crippen molar-refractivity contribution in [1.29, 1.82) is 0 Å². The first kappa shape index (κ1) is 17.7. The van der Waals surface area contributed by atoms with Crippen molar-refractivity contribution >= 4 is 33.9 Å². The summed E-state index contributed by atoms with van der Waals surface area (Å²) in [4.78, 5) is 22.2. The third kappa shape index (κ3) is 5.55. The van der Waals surface area contributed by atoms with Gasteiger partial charge in [0, 0.05) is 11.4 Å². The molecular weight excluding hydrogens is 374 g/mol. The molecule has 0 saturated heterocycles. The predicted octanol–water partition coefficient (Wildman–Crippen LogP) is 3.59. The zero-order valence-electron chi connectivity index (χ0n) is 13.0. The highest BCUT2D eigenvalue weighted by Gasteiger charge is 2.09. The summed E-state index contributed by atoms with van der Waals surface area (Å²) in [6.07, 6.45) is 1.39. The minimum absolute atomic E-state index is 0.187. The van der Waals surface area contributed by atoms with Gasteiger partial charge in [-0.15, -0.1) is 0 Å². The zero-order chi connectivity index (χ0) is 17.5. The lowest BCUT2D eigenvalue weighted by Crippen LogP contribution is -2.24. The number of carbonyl (C=O) groups excluding carboxylic acids is 1. The van der Waals surface area contributed by atoms with Gasteiger partial charge in [-0.2, -0.15) is 0 Å². The molecule has 2 rings (SSSR count). The van der Waals surface area contributed by atoms with E-state index < -0.39 is 11.9 Å². The topological polar surface area (TPSA) is 75.6 Å². The lowest BCUT2D eigenvalue weighted by Gasteiger charge is -2.08. The normalized spacial score (nSPS) is 11.0. The zero-order valence-corrected chi connectivity index (χ0v) is 14.5. The monoisotopic (exact) mass is 389 g/mol. The number of hydrogen-bond donors (Lipinski definition) is 2. The molecule has 0 spiro atoms. The molecule has 2 N–H and O–H groups in total. The van der Waals surface area contributed by atoms with Gasteiger partial charge in [0.15, 0.2) is 0 Å². The summed E-state index contributed by atoms with van der Waals surface area (Å²) in [7, 11) is 0. The number of aliphatic carboxylic acids is 1. The van der Waals surface area contributed by atoms with Crippen LogP contribution in [0.4, 0.5) is 0 Å². The van der Waals surface area contributed by atoms with E-state index >= 15 is 0 Å². The Labute approximate surface area is 148 Å². The lowest BCUT2D eigenvalue weighted by molar-refractivity contribution is -0.134. The molecule has 5 nitrogen and oxygen atoms in total. The standard InChI is InChI=1S/C18H16BrNO4/c1-12(21)20-17(18(22)23)10-14-3-2-4-16(9-14)24-11-13-5-7-15(19)8-6-13/h2-10H,11H2,1H3,(H,20,21)(H,22,23)/b17-10+. The maximum Gasteiger partial charge on any atom is 0.352 e. The molecule has 24 heavy (non-hydrogen) atoms. The summed E-state index contributed by atoms with van der Waals surface area (Å²) in [5, 5.41) is 11.4. The van der Waals surface area contributed by atoms with Gasteiger partial charge in [-0.3, -0.25) is 4.79 Å². The summed E-state index contributed by atoms with van der Waals surface area (Å²) in [6, 6.07) is 14.8. The first-order valence-corrected chi connectivity index (χ1v) is 7.93. The van der Waals surface area contributed by atoms with Crippen LogP contribution in [-0.2, 0) is 16.2 Å². The molecule has 0 heterocycles. The Morgan fingerprint density at radius 2 is 1.92 bits per heavy atom. The Morgan fingerprint density at radius 3 is 2.54 bits per heavy atom. The predicted molar refractivity (Wildman–Crippen MR) is 94.3 cm³/mol. The van der Waals surface area contributed by atoms with Gasteiger partial charge in [0.2, 0.25) is 5.91 Å². The van der Waals surface area contributed by atoms with E-state index in [0.29, 0.717) is 17.9 Å². The average Bonchev–Trinajstić information content (AvgIpc) is 2.53. The molecule has 0 aliphatic rings. The van der Waals surface area contributed by atoms with E-state index in [4.69, 9.17) is 9.84 Å². The average molecular weight is 390 g/mol. The van der Waals surface area contributed by atoms with Gasteiger partial charge in [-0.1, -0.05) is 40.2 Å². The Bertz CT molecular complexity index is 769. The minimum atomic E-state index is -1.20. The summed E-state index contributed by atoms with van der Waals surface area (Å²) >= 11 is 3.38.